The van der Waals surface area contributed by atoms with E-state index in [9.17, 15) is 4.79 Å². The number of thioether (sulfide) groups is 1. The Kier molecular flexibility index (Phi) is 3.91. The van der Waals surface area contributed by atoms with Crippen LogP contribution < -0.4 is 0 Å². The van der Waals surface area contributed by atoms with Crippen molar-refractivity contribution in [3.63, 3.8) is 0 Å². The maximum atomic E-state index is 12.2. The SMILES string of the molecule is CCn1c(C)cc(C(=O)CSc2ncc[nH]2)c1C. The van der Waals surface area contributed by atoms with Crippen LogP contribution in [0.3, 0.4) is 0 Å². The van der Waals surface area contributed by atoms with Crippen molar-refractivity contribution in [1.29, 1.82) is 0 Å². The minimum Gasteiger partial charge on any atom is -0.349 e. The number of carbonyl (C=O) groups is 1. The fraction of sp³-hybridized carbons (Fsp3) is 0.385. The van der Waals surface area contributed by atoms with Crippen molar-refractivity contribution >= 4 is 17.5 Å². The number of hydrogen-bond acceptors (Lipinski definition) is 3. The van der Waals surface area contributed by atoms with E-state index >= 15 is 0 Å². The van der Waals surface area contributed by atoms with Crippen molar-refractivity contribution in [3.05, 3.63) is 35.4 Å². The lowest BCUT2D eigenvalue weighted by molar-refractivity contribution is 0.102. The highest BCUT2D eigenvalue weighted by molar-refractivity contribution is 7.99. The molecule has 0 amide bonds. The summed E-state index contributed by atoms with van der Waals surface area (Å²) in [6.45, 7) is 7.02. The van der Waals surface area contributed by atoms with Crippen molar-refractivity contribution in [1.82, 2.24) is 14.5 Å². The monoisotopic (exact) mass is 263 g/mol. The summed E-state index contributed by atoms with van der Waals surface area (Å²) in [5.41, 5.74) is 3.02. The molecule has 0 fully saturated rings. The highest BCUT2D eigenvalue weighted by Gasteiger charge is 2.15. The number of H-pyrrole nitrogens is 1. The zero-order valence-corrected chi connectivity index (χ0v) is 11.7. The van der Waals surface area contributed by atoms with Gasteiger partial charge < -0.3 is 9.55 Å². The van der Waals surface area contributed by atoms with E-state index < -0.39 is 0 Å². The predicted molar refractivity (Wildman–Crippen MR) is 73.2 cm³/mol. The fourth-order valence-corrected chi connectivity index (χ4v) is 2.82. The number of hydrogen-bond donors (Lipinski definition) is 1. The molecule has 0 atom stereocenters. The Morgan fingerprint density at radius 3 is 2.83 bits per heavy atom. The van der Waals surface area contributed by atoms with Gasteiger partial charge in [-0.2, -0.15) is 0 Å². The van der Waals surface area contributed by atoms with Gasteiger partial charge in [0.2, 0.25) is 0 Å². The van der Waals surface area contributed by atoms with Gasteiger partial charge in [-0.3, -0.25) is 4.79 Å². The van der Waals surface area contributed by atoms with Crippen LogP contribution in [0, 0.1) is 13.8 Å². The zero-order chi connectivity index (χ0) is 13.1. The maximum Gasteiger partial charge on any atom is 0.175 e. The molecule has 0 aliphatic rings. The van der Waals surface area contributed by atoms with Crippen molar-refractivity contribution in [2.24, 2.45) is 0 Å². The first kappa shape index (κ1) is 13.0. The van der Waals surface area contributed by atoms with Crippen molar-refractivity contribution in [2.75, 3.05) is 5.75 Å². The maximum absolute atomic E-state index is 12.2. The first-order valence-corrected chi connectivity index (χ1v) is 6.94. The quantitative estimate of drug-likeness (QED) is 0.666. The van der Waals surface area contributed by atoms with Crippen LogP contribution in [0.25, 0.3) is 0 Å². The summed E-state index contributed by atoms with van der Waals surface area (Å²) in [7, 11) is 0. The smallest absolute Gasteiger partial charge is 0.175 e. The number of aryl methyl sites for hydroxylation is 1. The number of aromatic nitrogens is 3. The van der Waals surface area contributed by atoms with Gasteiger partial charge in [-0.1, -0.05) is 11.8 Å². The Hall–Kier alpha value is -1.49. The summed E-state index contributed by atoms with van der Waals surface area (Å²) >= 11 is 1.44. The van der Waals surface area contributed by atoms with Crippen LogP contribution >= 0.6 is 11.8 Å². The molecular weight excluding hydrogens is 246 g/mol. The molecule has 0 aliphatic heterocycles. The summed E-state index contributed by atoms with van der Waals surface area (Å²) in [6.07, 6.45) is 3.45. The number of nitrogens with one attached hydrogen (secondary N) is 1. The number of aromatic amines is 1. The second-order valence-corrected chi connectivity index (χ2v) is 5.10. The zero-order valence-electron chi connectivity index (χ0n) is 10.9. The molecule has 1 N–H and O–H groups in total. The predicted octanol–water partition coefficient (Wildman–Crippen LogP) is 2.82. The van der Waals surface area contributed by atoms with E-state index in [-0.39, 0.29) is 5.78 Å². The number of nitrogens with zero attached hydrogens (tertiary/aromatic N) is 2. The third-order valence-electron chi connectivity index (χ3n) is 3.00. The van der Waals surface area contributed by atoms with E-state index in [1.54, 1.807) is 12.4 Å². The highest BCUT2D eigenvalue weighted by Crippen LogP contribution is 2.19. The Labute approximate surface area is 111 Å². The van der Waals surface area contributed by atoms with Crippen molar-refractivity contribution in [2.45, 2.75) is 32.5 Å². The van der Waals surface area contributed by atoms with Crippen molar-refractivity contribution < 1.29 is 4.79 Å². The molecule has 18 heavy (non-hydrogen) atoms. The summed E-state index contributed by atoms with van der Waals surface area (Å²) in [4.78, 5) is 19.2. The Bertz CT molecular complexity index is 543. The number of Topliss-reactive ketones (excluding diaryl/α,β-unsaturated/α-hetero) is 1. The molecule has 0 saturated heterocycles. The van der Waals surface area contributed by atoms with E-state index in [0.717, 1.165) is 28.7 Å². The van der Waals surface area contributed by atoms with E-state index in [1.165, 1.54) is 11.8 Å². The van der Waals surface area contributed by atoms with Crippen LogP contribution in [0.4, 0.5) is 0 Å². The van der Waals surface area contributed by atoms with E-state index in [0.29, 0.717) is 5.75 Å². The van der Waals surface area contributed by atoms with Crippen LogP contribution in [0.5, 0.6) is 0 Å². The summed E-state index contributed by atoms with van der Waals surface area (Å²) in [6, 6.07) is 1.98. The summed E-state index contributed by atoms with van der Waals surface area (Å²) < 4.78 is 2.16. The van der Waals surface area contributed by atoms with Gasteiger partial charge in [0, 0.05) is 35.9 Å². The van der Waals surface area contributed by atoms with Gasteiger partial charge in [-0.15, -0.1) is 0 Å². The van der Waals surface area contributed by atoms with E-state index in [2.05, 4.69) is 21.5 Å². The van der Waals surface area contributed by atoms with Gasteiger partial charge in [-0.05, 0) is 26.8 Å². The molecule has 2 rings (SSSR count). The average molecular weight is 263 g/mol. The van der Waals surface area contributed by atoms with Gasteiger partial charge in [0.1, 0.15) is 0 Å². The molecule has 2 aromatic rings. The van der Waals surface area contributed by atoms with Gasteiger partial charge in [-0.25, -0.2) is 4.98 Å². The molecule has 5 heteroatoms. The Morgan fingerprint density at radius 2 is 2.28 bits per heavy atom. The third kappa shape index (κ3) is 2.51. The van der Waals surface area contributed by atoms with E-state index in [4.69, 9.17) is 0 Å². The van der Waals surface area contributed by atoms with Gasteiger partial charge in [0.05, 0.1) is 5.75 Å². The second kappa shape index (κ2) is 5.44. The Morgan fingerprint density at radius 1 is 1.50 bits per heavy atom. The molecule has 0 aromatic carbocycles. The summed E-state index contributed by atoms with van der Waals surface area (Å²) in [5.74, 6) is 0.575. The first-order chi connectivity index (χ1) is 8.63. The summed E-state index contributed by atoms with van der Waals surface area (Å²) in [5, 5.41) is 0.785. The number of carbonyl (C=O) groups excluding carboxylic acids is 1. The lowest BCUT2D eigenvalue weighted by Gasteiger charge is -2.05. The standard InChI is InChI=1S/C13H17N3OS/c1-4-16-9(2)7-11(10(16)3)12(17)8-18-13-14-5-6-15-13/h5-7H,4,8H2,1-3H3,(H,14,15). The highest BCUT2D eigenvalue weighted by atomic mass is 32.2. The normalized spacial score (nSPS) is 10.8. The minimum absolute atomic E-state index is 0.157. The fourth-order valence-electron chi connectivity index (χ4n) is 2.11. The topological polar surface area (TPSA) is 50.7 Å². The number of imidazole rings is 1. The van der Waals surface area contributed by atoms with Gasteiger partial charge in [0.25, 0.3) is 0 Å². The molecule has 0 spiro atoms. The lowest BCUT2D eigenvalue weighted by atomic mass is 10.2. The molecule has 2 aromatic heterocycles. The van der Waals surface area contributed by atoms with Gasteiger partial charge in [0.15, 0.2) is 10.9 Å². The van der Waals surface area contributed by atoms with Crippen LogP contribution in [0.1, 0.15) is 28.7 Å². The van der Waals surface area contributed by atoms with E-state index in [1.807, 2.05) is 19.9 Å². The number of rotatable bonds is 5. The average Bonchev–Trinajstić information content (AvgIpc) is 2.95. The first-order valence-electron chi connectivity index (χ1n) is 5.95. The number of ketones is 1. The van der Waals surface area contributed by atoms with Crippen LogP contribution in [-0.4, -0.2) is 26.1 Å². The molecule has 96 valence electrons. The lowest BCUT2D eigenvalue weighted by Crippen LogP contribution is -2.05. The molecular formula is C13H17N3OS. The molecule has 0 unspecified atom stereocenters. The molecule has 0 radical (unpaired) electrons. The molecule has 0 saturated carbocycles. The molecule has 0 aliphatic carbocycles. The molecule has 0 bridgehead atoms. The van der Waals surface area contributed by atoms with Gasteiger partial charge >= 0.3 is 0 Å². The van der Waals surface area contributed by atoms with Crippen LogP contribution in [-0.2, 0) is 6.54 Å². The van der Waals surface area contributed by atoms with Crippen LogP contribution in [0.15, 0.2) is 23.6 Å². The minimum atomic E-state index is 0.157. The Balaban J connectivity index is 2.09. The largest absolute Gasteiger partial charge is 0.349 e. The second-order valence-electron chi connectivity index (χ2n) is 4.14. The molecule has 4 nitrogen and oxygen atoms in total. The molecule has 2 heterocycles. The third-order valence-corrected chi connectivity index (χ3v) is 3.91. The van der Waals surface area contributed by atoms with Crippen LogP contribution in [0.2, 0.25) is 0 Å². The van der Waals surface area contributed by atoms with Crippen molar-refractivity contribution in [3.8, 4) is 0 Å².